The molecule has 0 rings (SSSR count). The molecular formula is C13H30N2O. The van der Waals surface area contributed by atoms with E-state index in [0.29, 0.717) is 12.1 Å². The molecule has 2 atom stereocenters. The van der Waals surface area contributed by atoms with Crippen LogP contribution in [0, 0.1) is 5.41 Å². The minimum absolute atomic E-state index is 0.140. The summed E-state index contributed by atoms with van der Waals surface area (Å²) in [7, 11) is 0. The van der Waals surface area contributed by atoms with Gasteiger partial charge in [-0.1, -0.05) is 20.8 Å². The van der Waals surface area contributed by atoms with E-state index in [9.17, 15) is 0 Å². The first-order valence-corrected chi connectivity index (χ1v) is 6.34. The Morgan fingerprint density at radius 1 is 1.19 bits per heavy atom. The number of rotatable bonds is 6. The van der Waals surface area contributed by atoms with Gasteiger partial charge in [-0.2, -0.15) is 0 Å². The molecule has 0 spiro atoms. The fourth-order valence-electron chi connectivity index (χ4n) is 2.56. The predicted octanol–water partition coefficient (Wildman–Crippen LogP) is 1.84. The Morgan fingerprint density at radius 2 is 1.69 bits per heavy atom. The Kier molecular flexibility index (Phi) is 6.53. The molecule has 0 aliphatic rings. The number of nitrogens with zero attached hydrogens (tertiary/aromatic N) is 1. The molecule has 98 valence electrons. The van der Waals surface area contributed by atoms with Gasteiger partial charge in [-0.3, -0.25) is 4.90 Å². The third kappa shape index (κ3) is 4.81. The Hall–Kier alpha value is -0.120. The fourth-order valence-corrected chi connectivity index (χ4v) is 2.56. The van der Waals surface area contributed by atoms with E-state index in [1.807, 2.05) is 0 Å². The highest BCUT2D eigenvalue weighted by Crippen LogP contribution is 2.28. The van der Waals surface area contributed by atoms with Gasteiger partial charge in [0.15, 0.2) is 0 Å². The summed E-state index contributed by atoms with van der Waals surface area (Å²) in [4.78, 5) is 2.42. The molecule has 3 nitrogen and oxygen atoms in total. The van der Waals surface area contributed by atoms with Crippen molar-refractivity contribution in [1.82, 2.24) is 4.90 Å². The molecule has 0 heterocycles. The van der Waals surface area contributed by atoms with Crippen molar-refractivity contribution in [1.29, 1.82) is 0 Å². The van der Waals surface area contributed by atoms with Gasteiger partial charge < -0.3 is 10.8 Å². The number of aliphatic hydroxyl groups excluding tert-OH is 1. The number of aliphatic hydroxyl groups is 1. The fraction of sp³-hybridized carbons (Fsp3) is 1.00. The van der Waals surface area contributed by atoms with Crippen LogP contribution < -0.4 is 5.73 Å². The van der Waals surface area contributed by atoms with Crippen LogP contribution in [-0.2, 0) is 0 Å². The number of hydrogen-bond donors (Lipinski definition) is 2. The van der Waals surface area contributed by atoms with Crippen LogP contribution in [0.3, 0.4) is 0 Å². The molecule has 0 fully saturated rings. The molecular weight excluding hydrogens is 200 g/mol. The van der Waals surface area contributed by atoms with Crippen LogP contribution in [0.25, 0.3) is 0 Å². The maximum absolute atomic E-state index is 8.96. The normalized spacial score (nSPS) is 16.9. The second-order valence-electron chi connectivity index (χ2n) is 6.08. The van der Waals surface area contributed by atoms with Gasteiger partial charge >= 0.3 is 0 Å². The SMILES string of the molecule is CC(N)C(N(CCCO)C(C)C)C(C)(C)C. The average Bonchev–Trinajstić information content (AvgIpc) is 2.08. The zero-order valence-corrected chi connectivity index (χ0v) is 11.8. The van der Waals surface area contributed by atoms with Gasteiger partial charge in [0.1, 0.15) is 0 Å². The summed E-state index contributed by atoms with van der Waals surface area (Å²) >= 11 is 0. The molecule has 0 bridgehead atoms. The van der Waals surface area contributed by atoms with Crippen molar-refractivity contribution in [3.63, 3.8) is 0 Å². The van der Waals surface area contributed by atoms with Gasteiger partial charge in [0.05, 0.1) is 0 Å². The zero-order chi connectivity index (χ0) is 12.9. The lowest BCUT2D eigenvalue weighted by molar-refractivity contribution is 0.0501. The van der Waals surface area contributed by atoms with Gasteiger partial charge in [-0.25, -0.2) is 0 Å². The van der Waals surface area contributed by atoms with Crippen molar-refractivity contribution in [2.24, 2.45) is 11.1 Å². The smallest absolute Gasteiger partial charge is 0.0443 e. The van der Waals surface area contributed by atoms with E-state index in [2.05, 4.69) is 46.4 Å². The third-order valence-corrected chi connectivity index (χ3v) is 2.98. The largest absolute Gasteiger partial charge is 0.396 e. The van der Waals surface area contributed by atoms with E-state index in [-0.39, 0.29) is 18.1 Å². The quantitative estimate of drug-likeness (QED) is 0.732. The van der Waals surface area contributed by atoms with Gasteiger partial charge in [0, 0.05) is 31.3 Å². The monoisotopic (exact) mass is 230 g/mol. The summed E-state index contributed by atoms with van der Waals surface area (Å²) in [6.45, 7) is 14.3. The first kappa shape index (κ1) is 15.9. The zero-order valence-electron chi connectivity index (χ0n) is 11.8. The Labute approximate surface area is 101 Å². The second kappa shape index (κ2) is 6.58. The molecule has 2 unspecified atom stereocenters. The molecule has 0 saturated heterocycles. The Morgan fingerprint density at radius 3 is 1.94 bits per heavy atom. The van der Waals surface area contributed by atoms with Gasteiger partial charge in [-0.15, -0.1) is 0 Å². The van der Waals surface area contributed by atoms with E-state index in [4.69, 9.17) is 10.8 Å². The first-order chi connectivity index (χ1) is 7.21. The Balaban J connectivity index is 4.81. The van der Waals surface area contributed by atoms with Crippen LogP contribution in [0.15, 0.2) is 0 Å². The highest BCUT2D eigenvalue weighted by Gasteiger charge is 2.34. The van der Waals surface area contributed by atoms with Crippen LogP contribution >= 0.6 is 0 Å². The van der Waals surface area contributed by atoms with Gasteiger partial charge in [0.2, 0.25) is 0 Å². The molecule has 0 aliphatic carbocycles. The lowest BCUT2D eigenvalue weighted by Crippen LogP contribution is -2.56. The van der Waals surface area contributed by atoms with Crippen molar-refractivity contribution in [3.05, 3.63) is 0 Å². The molecule has 0 aromatic rings. The molecule has 0 radical (unpaired) electrons. The van der Waals surface area contributed by atoms with Crippen LogP contribution in [0.5, 0.6) is 0 Å². The summed E-state index contributed by atoms with van der Waals surface area (Å²) in [5.41, 5.74) is 6.29. The molecule has 0 aromatic carbocycles. The second-order valence-corrected chi connectivity index (χ2v) is 6.08. The molecule has 16 heavy (non-hydrogen) atoms. The average molecular weight is 230 g/mol. The topological polar surface area (TPSA) is 49.5 Å². The van der Waals surface area contributed by atoms with Crippen molar-refractivity contribution in [2.75, 3.05) is 13.2 Å². The first-order valence-electron chi connectivity index (χ1n) is 6.34. The highest BCUT2D eigenvalue weighted by molar-refractivity contribution is 4.90. The lowest BCUT2D eigenvalue weighted by atomic mass is 9.81. The van der Waals surface area contributed by atoms with Crippen LogP contribution in [0.2, 0.25) is 0 Å². The van der Waals surface area contributed by atoms with E-state index in [1.54, 1.807) is 0 Å². The third-order valence-electron chi connectivity index (χ3n) is 2.98. The van der Waals surface area contributed by atoms with Crippen LogP contribution in [-0.4, -0.2) is 41.3 Å². The molecule has 0 amide bonds. The van der Waals surface area contributed by atoms with Crippen molar-refractivity contribution in [3.8, 4) is 0 Å². The number of nitrogens with two attached hydrogens (primary N) is 1. The summed E-state index contributed by atoms with van der Waals surface area (Å²) in [5.74, 6) is 0. The Bertz CT molecular complexity index is 185. The molecule has 3 heteroatoms. The van der Waals surface area contributed by atoms with Crippen molar-refractivity contribution >= 4 is 0 Å². The van der Waals surface area contributed by atoms with E-state index in [0.717, 1.165) is 13.0 Å². The van der Waals surface area contributed by atoms with E-state index in [1.165, 1.54) is 0 Å². The minimum Gasteiger partial charge on any atom is -0.396 e. The number of hydrogen-bond acceptors (Lipinski definition) is 3. The summed E-state index contributed by atoms with van der Waals surface area (Å²) in [6.07, 6.45) is 0.817. The molecule has 3 N–H and O–H groups in total. The standard InChI is InChI=1S/C13H30N2O/c1-10(2)15(8-7-9-16)12(11(3)14)13(4,5)6/h10-12,16H,7-9,14H2,1-6H3. The predicted molar refractivity (Wildman–Crippen MR) is 70.4 cm³/mol. The van der Waals surface area contributed by atoms with Crippen LogP contribution in [0.4, 0.5) is 0 Å². The van der Waals surface area contributed by atoms with Crippen molar-refractivity contribution < 1.29 is 5.11 Å². The molecule has 0 aromatic heterocycles. The highest BCUT2D eigenvalue weighted by atomic mass is 16.3. The summed E-state index contributed by atoms with van der Waals surface area (Å²) in [5, 5.41) is 8.96. The summed E-state index contributed by atoms with van der Waals surface area (Å²) < 4.78 is 0. The minimum atomic E-state index is 0.140. The lowest BCUT2D eigenvalue weighted by Gasteiger charge is -2.45. The van der Waals surface area contributed by atoms with Crippen molar-refractivity contribution in [2.45, 2.75) is 66.1 Å². The maximum atomic E-state index is 8.96. The molecule has 0 saturated carbocycles. The van der Waals surface area contributed by atoms with Crippen LogP contribution in [0.1, 0.15) is 48.0 Å². The summed E-state index contributed by atoms with van der Waals surface area (Å²) in [6, 6.07) is 0.946. The van der Waals surface area contributed by atoms with E-state index < -0.39 is 0 Å². The molecule has 0 aliphatic heterocycles. The maximum Gasteiger partial charge on any atom is 0.0443 e. The van der Waals surface area contributed by atoms with Gasteiger partial charge in [-0.05, 0) is 32.6 Å². The van der Waals surface area contributed by atoms with E-state index >= 15 is 0 Å². The van der Waals surface area contributed by atoms with Gasteiger partial charge in [0.25, 0.3) is 0 Å².